The van der Waals surface area contributed by atoms with Gasteiger partial charge in [0, 0.05) is 22.6 Å². The lowest BCUT2D eigenvalue weighted by Crippen LogP contribution is -2.34. The molecule has 0 radical (unpaired) electrons. The fraction of sp³-hybridized carbons (Fsp3) is 0.500. The number of rotatable bonds is 5. The number of nitrogens with one attached hydrogen (secondary N) is 1. The summed E-state index contributed by atoms with van der Waals surface area (Å²) >= 11 is 2.36. The standard InChI is InChI=1S/C12H17FIN/c1-9(2)12(7-14)15-8-10-5-3-4-6-11(10)13/h3-6,9,12,15H,7-8H2,1-2H3. The van der Waals surface area contributed by atoms with Gasteiger partial charge in [-0.1, -0.05) is 54.6 Å². The predicted octanol–water partition coefficient (Wildman–Crippen LogP) is 3.37. The summed E-state index contributed by atoms with van der Waals surface area (Å²) < 4.78 is 14.3. The summed E-state index contributed by atoms with van der Waals surface area (Å²) in [4.78, 5) is 0. The first-order valence-electron chi connectivity index (χ1n) is 5.18. The molecule has 0 aliphatic rings. The zero-order valence-corrected chi connectivity index (χ0v) is 11.3. The predicted molar refractivity (Wildman–Crippen MR) is 70.8 cm³/mol. The van der Waals surface area contributed by atoms with Gasteiger partial charge >= 0.3 is 0 Å². The van der Waals surface area contributed by atoms with Crippen molar-refractivity contribution in [1.82, 2.24) is 5.32 Å². The van der Waals surface area contributed by atoms with Crippen molar-refractivity contribution in [3.63, 3.8) is 0 Å². The monoisotopic (exact) mass is 321 g/mol. The molecule has 15 heavy (non-hydrogen) atoms. The Morgan fingerprint density at radius 1 is 1.33 bits per heavy atom. The first-order valence-corrected chi connectivity index (χ1v) is 6.70. The highest BCUT2D eigenvalue weighted by molar-refractivity contribution is 14.1. The summed E-state index contributed by atoms with van der Waals surface area (Å²) in [7, 11) is 0. The minimum absolute atomic E-state index is 0.124. The zero-order valence-electron chi connectivity index (χ0n) is 9.13. The quantitative estimate of drug-likeness (QED) is 0.648. The molecule has 1 N–H and O–H groups in total. The molecular weight excluding hydrogens is 304 g/mol. The third-order valence-electron chi connectivity index (χ3n) is 2.48. The van der Waals surface area contributed by atoms with Crippen molar-refractivity contribution in [2.45, 2.75) is 26.4 Å². The first-order chi connectivity index (χ1) is 7.15. The summed E-state index contributed by atoms with van der Waals surface area (Å²) in [6.45, 7) is 4.97. The van der Waals surface area contributed by atoms with E-state index in [0.29, 0.717) is 18.5 Å². The Morgan fingerprint density at radius 3 is 2.53 bits per heavy atom. The highest BCUT2D eigenvalue weighted by Gasteiger charge is 2.11. The molecule has 1 aromatic carbocycles. The second kappa shape index (κ2) is 6.43. The second-order valence-corrected chi connectivity index (χ2v) is 4.86. The van der Waals surface area contributed by atoms with E-state index in [1.807, 2.05) is 12.1 Å². The van der Waals surface area contributed by atoms with Crippen LogP contribution in [-0.4, -0.2) is 10.5 Å². The molecule has 0 saturated carbocycles. The van der Waals surface area contributed by atoms with Crippen LogP contribution in [0.1, 0.15) is 19.4 Å². The Morgan fingerprint density at radius 2 is 2.00 bits per heavy atom. The summed E-state index contributed by atoms with van der Waals surface area (Å²) in [6, 6.07) is 7.37. The van der Waals surface area contributed by atoms with Crippen LogP contribution >= 0.6 is 22.6 Å². The second-order valence-electron chi connectivity index (χ2n) is 3.98. The van der Waals surface area contributed by atoms with E-state index in [9.17, 15) is 4.39 Å². The molecule has 0 bridgehead atoms. The van der Waals surface area contributed by atoms with Gasteiger partial charge in [-0.3, -0.25) is 0 Å². The lowest BCUT2D eigenvalue weighted by atomic mass is 10.1. The molecule has 0 spiro atoms. The summed E-state index contributed by atoms with van der Waals surface area (Å²) in [5.74, 6) is 0.453. The normalized spacial score (nSPS) is 13.1. The van der Waals surface area contributed by atoms with Gasteiger partial charge in [0.2, 0.25) is 0 Å². The number of alkyl halides is 1. The number of hydrogen-bond donors (Lipinski definition) is 1. The third kappa shape index (κ3) is 4.07. The van der Waals surface area contributed by atoms with E-state index in [2.05, 4.69) is 41.8 Å². The summed E-state index contributed by atoms with van der Waals surface area (Å²) in [6.07, 6.45) is 0. The van der Waals surface area contributed by atoms with Gasteiger partial charge in [0.05, 0.1) is 0 Å². The maximum absolute atomic E-state index is 13.3. The molecule has 0 fully saturated rings. The molecule has 1 atom stereocenters. The third-order valence-corrected chi connectivity index (χ3v) is 3.43. The SMILES string of the molecule is CC(C)C(CI)NCc1ccccc1F. The van der Waals surface area contributed by atoms with Crippen molar-refractivity contribution in [2.24, 2.45) is 5.92 Å². The average Bonchev–Trinajstić information content (AvgIpc) is 2.21. The van der Waals surface area contributed by atoms with Crippen LogP contribution in [0.25, 0.3) is 0 Å². The van der Waals surface area contributed by atoms with E-state index in [-0.39, 0.29) is 5.82 Å². The molecule has 84 valence electrons. The van der Waals surface area contributed by atoms with Gasteiger partial charge in [-0.05, 0) is 12.0 Å². The molecule has 0 aromatic heterocycles. The van der Waals surface area contributed by atoms with Crippen LogP contribution in [0.5, 0.6) is 0 Å². The van der Waals surface area contributed by atoms with Gasteiger partial charge in [0.1, 0.15) is 5.82 Å². The summed E-state index contributed by atoms with van der Waals surface area (Å²) in [5, 5.41) is 3.38. The van der Waals surface area contributed by atoms with E-state index < -0.39 is 0 Å². The van der Waals surface area contributed by atoms with Crippen LogP contribution in [0.3, 0.4) is 0 Å². The molecule has 0 aliphatic carbocycles. The average molecular weight is 321 g/mol. The van der Waals surface area contributed by atoms with Crippen LogP contribution in [-0.2, 0) is 6.54 Å². The molecule has 1 unspecified atom stereocenters. The van der Waals surface area contributed by atoms with E-state index in [1.54, 1.807) is 6.07 Å². The van der Waals surface area contributed by atoms with Gasteiger partial charge in [-0.2, -0.15) is 0 Å². The molecule has 0 heterocycles. The van der Waals surface area contributed by atoms with Gasteiger partial charge in [-0.15, -0.1) is 0 Å². The Bertz CT molecular complexity index is 301. The molecule has 1 nitrogen and oxygen atoms in total. The topological polar surface area (TPSA) is 12.0 Å². The molecular formula is C12H17FIN. The van der Waals surface area contributed by atoms with Crippen LogP contribution < -0.4 is 5.32 Å². The number of hydrogen-bond acceptors (Lipinski definition) is 1. The van der Waals surface area contributed by atoms with Gasteiger partial charge in [0.15, 0.2) is 0 Å². The molecule has 1 rings (SSSR count). The van der Waals surface area contributed by atoms with E-state index in [1.165, 1.54) is 6.07 Å². The van der Waals surface area contributed by atoms with E-state index in [4.69, 9.17) is 0 Å². The first kappa shape index (κ1) is 12.9. The molecule has 1 aromatic rings. The molecule has 0 aliphatic heterocycles. The van der Waals surface area contributed by atoms with Crippen molar-refractivity contribution < 1.29 is 4.39 Å². The van der Waals surface area contributed by atoms with E-state index in [0.717, 1.165) is 9.99 Å². The summed E-state index contributed by atoms with van der Waals surface area (Å²) in [5.41, 5.74) is 0.744. The fourth-order valence-electron chi connectivity index (χ4n) is 1.35. The van der Waals surface area contributed by atoms with Crippen molar-refractivity contribution in [3.05, 3.63) is 35.6 Å². The lowest BCUT2D eigenvalue weighted by Gasteiger charge is -2.20. The molecule has 0 saturated heterocycles. The Balaban J connectivity index is 2.53. The van der Waals surface area contributed by atoms with Crippen LogP contribution in [0.15, 0.2) is 24.3 Å². The molecule has 0 amide bonds. The Kier molecular flexibility index (Phi) is 5.53. The number of halogens is 2. The Labute approximate surface area is 105 Å². The zero-order chi connectivity index (χ0) is 11.3. The van der Waals surface area contributed by atoms with Crippen LogP contribution in [0.2, 0.25) is 0 Å². The van der Waals surface area contributed by atoms with Gasteiger partial charge < -0.3 is 5.32 Å². The largest absolute Gasteiger partial charge is 0.309 e. The van der Waals surface area contributed by atoms with Crippen molar-refractivity contribution in [1.29, 1.82) is 0 Å². The fourth-order valence-corrected chi connectivity index (χ4v) is 2.68. The van der Waals surface area contributed by atoms with Crippen molar-refractivity contribution >= 4 is 22.6 Å². The highest BCUT2D eigenvalue weighted by atomic mass is 127. The number of benzene rings is 1. The van der Waals surface area contributed by atoms with Crippen molar-refractivity contribution in [3.8, 4) is 0 Å². The van der Waals surface area contributed by atoms with Gasteiger partial charge in [-0.25, -0.2) is 4.39 Å². The minimum atomic E-state index is -0.124. The highest BCUT2D eigenvalue weighted by Crippen LogP contribution is 2.09. The minimum Gasteiger partial charge on any atom is -0.309 e. The maximum atomic E-state index is 13.3. The maximum Gasteiger partial charge on any atom is 0.127 e. The van der Waals surface area contributed by atoms with Gasteiger partial charge in [0.25, 0.3) is 0 Å². The van der Waals surface area contributed by atoms with Crippen LogP contribution in [0, 0.1) is 11.7 Å². The molecule has 3 heteroatoms. The van der Waals surface area contributed by atoms with Crippen molar-refractivity contribution in [2.75, 3.05) is 4.43 Å². The Hall–Kier alpha value is -0.160. The smallest absolute Gasteiger partial charge is 0.127 e. The van der Waals surface area contributed by atoms with E-state index >= 15 is 0 Å². The van der Waals surface area contributed by atoms with Crippen LogP contribution in [0.4, 0.5) is 4.39 Å². The lowest BCUT2D eigenvalue weighted by molar-refractivity contribution is 0.431.